The van der Waals surface area contributed by atoms with Crippen LogP contribution in [0.4, 0.5) is 0 Å². The molecule has 0 aliphatic carbocycles. The van der Waals surface area contributed by atoms with E-state index in [9.17, 15) is 0 Å². The molecule has 0 saturated heterocycles. The molecular weight excluding hydrogens is 270 g/mol. The van der Waals surface area contributed by atoms with Crippen molar-refractivity contribution in [1.82, 2.24) is 4.98 Å². The van der Waals surface area contributed by atoms with Gasteiger partial charge in [0, 0.05) is 23.2 Å². The number of alkyl halides is 1. The van der Waals surface area contributed by atoms with Crippen LogP contribution in [0, 0.1) is 0 Å². The van der Waals surface area contributed by atoms with Gasteiger partial charge < -0.3 is 9.47 Å². The van der Waals surface area contributed by atoms with Crippen LogP contribution < -0.4 is 9.47 Å². The minimum Gasteiger partial charge on any atom is -0.454 e. The summed E-state index contributed by atoms with van der Waals surface area (Å²) < 4.78 is 10.8. The van der Waals surface area contributed by atoms with Crippen LogP contribution in [-0.4, -0.2) is 23.4 Å². The van der Waals surface area contributed by atoms with Gasteiger partial charge in [0.25, 0.3) is 0 Å². The predicted octanol–water partition coefficient (Wildman–Crippen LogP) is 3.68. The molecule has 0 amide bonds. The molecule has 0 unspecified atom stereocenters. The molecule has 2 heterocycles. The molecule has 1 aromatic carbocycles. The molecule has 18 heavy (non-hydrogen) atoms. The largest absolute Gasteiger partial charge is 0.454 e. The number of nitrogens with zero attached hydrogens (tertiary/aromatic N) is 1. The van der Waals surface area contributed by atoms with E-state index in [2.05, 4.69) is 4.98 Å². The second-order valence-electron chi connectivity index (χ2n) is 3.93. The van der Waals surface area contributed by atoms with Crippen LogP contribution in [0.15, 0.2) is 29.4 Å². The highest BCUT2D eigenvalue weighted by atomic mass is 35.5. The molecule has 1 aliphatic rings. The highest BCUT2D eigenvalue weighted by Gasteiger charge is 2.15. The van der Waals surface area contributed by atoms with Gasteiger partial charge in [-0.2, -0.15) is 0 Å². The Morgan fingerprint density at radius 1 is 1.28 bits per heavy atom. The van der Waals surface area contributed by atoms with Gasteiger partial charge in [-0.05, 0) is 30.0 Å². The van der Waals surface area contributed by atoms with Crippen molar-refractivity contribution in [3.63, 3.8) is 0 Å². The molecule has 0 fully saturated rings. The number of benzene rings is 1. The summed E-state index contributed by atoms with van der Waals surface area (Å²) >= 11 is 7.42. The number of rotatable bonds is 4. The average molecular weight is 282 g/mol. The van der Waals surface area contributed by atoms with Gasteiger partial charge in [-0.1, -0.05) is 0 Å². The van der Waals surface area contributed by atoms with E-state index < -0.39 is 0 Å². The maximum absolute atomic E-state index is 5.69. The predicted molar refractivity (Wildman–Crippen MR) is 73.9 cm³/mol. The molecule has 0 radical (unpaired) electrons. The van der Waals surface area contributed by atoms with Crippen molar-refractivity contribution in [3.05, 3.63) is 24.4 Å². The van der Waals surface area contributed by atoms with Crippen molar-refractivity contribution in [2.75, 3.05) is 18.4 Å². The maximum Gasteiger partial charge on any atom is 0.231 e. The van der Waals surface area contributed by atoms with Gasteiger partial charge in [-0.3, -0.25) is 0 Å². The zero-order valence-corrected chi connectivity index (χ0v) is 11.3. The molecule has 1 aliphatic heterocycles. The summed E-state index contributed by atoms with van der Waals surface area (Å²) in [6.07, 6.45) is 2.81. The molecule has 3 nitrogen and oxygen atoms in total. The molecule has 0 saturated carbocycles. The molecule has 3 rings (SSSR count). The van der Waals surface area contributed by atoms with Crippen molar-refractivity contribution in [2.45, 2.75) is 11.4 Å². The van der Waals surface area contributed by atoms with E-state index in [-0.39, 0.29) is 0 Å². The molecule has 94 valence electrons. The SMILES string of the molecule is ClCCCSc1nccc2cc3c(cc12)OCO3. The summed E-state index contributed by atoms with van der Waals surface area (Å²) in [6.45, 7) is 0.299. The lowest BCUT2D eigenvalue weighted by atomic mass is 10.1. The van der Waals surface area contributed by atoms with Gasteiger partial charge in [0.05, 0.1) is 0 Å². The summed E-state index contributed by atoms with van der Waals surface area (Å²) in [5.74, 6) is 3.27. The third kappa shape index (κ3) is 2.22. The Bertz CT molecular complexity index is 576. The van der Waals surface area contributed by atoms with Crippen LogP contribution in [0.1, 0.15) is 6.42 Å². The Balaban J connectivity index is 1.99. The highest BCUT2D eigenvalue weighted by Crippen LogP contribution is 2.38. The molecular formula is C13H12ClNO2S. The Kier molecular flexibility index (Phi) is 3.48. The second kappa shape index (κ2) is 5.24. The fourth-order valence-corrected chi connectivity index (χ4v) is 3.12. The van der Waals surface area contributed by atoms with Crippen LogP contribution in [-0.2, 0) is 0 Å². The van der Waals surface area contributed by atoms with Gasteiger partial charge in [0.1, 0.15) is 5.03 Å². The normalized spacial score (nSPS) is 13.2. The van der Waals surface area contributed by atoms with Crippen LogP contribution >= 0.6 is 23.4 Å². The van der Waals surface area contributed by atoms with Crippen molar-refractivity contribution in [2.24, 2.45) is 0 Å². The minimum absolute atomic E-state index is 0.299. The zero-order chi connectivity index (χ0) is 12.4. The first-order valence-electron chi connectivity index (χ1n) is 5.75. The number of pyridine rings is 1. The quantitative estimate of drug-likeness (QED) is 0.486. The number of hydrogen-bond acceptors (Lipinski definition) is 4. The second-order valence-corrected chi connectivity index (χ2v) is 5.40. The Hall–Kier alpha value is -1.13. The van der Waals surface area contributed by atoms with E-state index in [4.69, 9.17) is 21.1 Å². The molecule has 5 heteroatoms. The fourth-order valence-electron chi connectivity index (χ4n) is 1.87. The standard InChI is InChI=1S/C13H12ClNO2S/c14-3-1-5-18-13-10-7-12-11(16-8-17-12)6-9(10)2-4-15-13/h2,4,6-7H,1,3,5,8H2. The Morgan fingerprint density at radius 2 is 2.11 bits per heavy atom. The van der Waals surface area contributed by atoms with Crippen molar-refractivity contribution < 1.29 is 9.47 Å². The summed E-state index contributed by atoms with van der Waals surface area (Å²) in [7, 11) is 0. The van der Waals surface area contributed by atoms with Gasteiger partial charge in [0.2, 0.25) is 6.79 Å². The summed E-state index contributed by atoms with van der Waals surface area (Å²) in [6, 6.07) is 6.00. The van der Waals surface area contributed by atoms with E-state index >= 15 is 0 Å². The third-order valence-corrected chi connectivity index (χ3v) is 4.10. The van der Waals surface area contributed by atoms with Crippen molar-refractivity contribution in [1.29, 1.82) is 0 Å². The lowest BCUT2D eigenvalue weighted by Crippen LogP contribution is -1.92. The van der Waals surface area contributed by atoms with E-state index in [1.807, 2.05) is 24.4 Å². The van der Waals surface area contributed by atoms with Gasteiger partial charge in [-0.25, -0.2) is 4.98 Å². The summed E-state index contributed by atoms with van der Waals surface area (Å²) in [5.41, 5.74) is 0. The number of ether oxygens (including phenoxy) is 2. The Morgan fingerprint density at radius 3 is 2.94 bits per heavy atom. The van der Waals surface area contributed by atoms with Gasteiger partial charge in [-0.15, -0.1) is 23.4 Å². The molecule has 1 aromatic heterocycles. The number of aromatic nitrogens is 1. The molecule has 0 atom stereocenters. The summed E-state index contributed by atoms with van der Waals surface area (Å²) in [4.78, 5) is 4.43. The maximum atomic E-state index is 5.69. The van der Waals surface area contributed by atoms with E-state index in [1.165, 1.54) is 0 Å². The molecule has 0 N–H and O–H groups in total. The molecule has 2 aromatic rings. The highest BCUT2D eigenvalue weighted by molar-refractivity contribution is 7.99. The lowest BCUT2D eigenvalue weighted by molar-refractivity contribution is 0.174. The smallest absolute Gasteiger partial charge is 0.231 e. The first kappa shape index (κ1) is 11.9. The molecule has 0 spiro atoms. The monoisotopic (exact) mass is 281 g/mol. The first-order chi connectivity index (χ1) is 8.88. The van der Waals surface area contributed by atoms with Crippen LogP contribution in [0.3, 0.4) is 0 Å². The number of thioether (sulfide) groups is 1. The zero-order valence-electron chi connectivity index (χ0n) is 9.69. The topological polar surface area (TPSA) is 31.4 Å². The lowest BCUT2D eigenvalue weighted by Gasteiger charge is -2.06. The van der Waals surface area contributed by atoms with Gasteiger partial charge in [0.15, 0.2) is 11.5 Å². The fraction of sp³-hybridized carbons (Fsp3) is 0.308. The van der Waals surface area contributed by atoms with Crippen molar-refractivity contribution >= 4 is 34.1 Å². The average Bonchev–Trinajstić information content (AvgIpc) is 2.84. The van der Waals surface area contributed by atoms with E-state index in [0.717, 1.165) is 39.5 Å². The summed E-state index contributed by atoms with van der Waals surface area (Å²) in [5, 5.41) is 3.26. The van der Waals surface area contributed by atoms with Crippen LogP contribution in [0.2, 0.25) is 0 Å². The van der Waals surface area contributed by atoms with Gasteiger partial charge >= 0.3 is 0 Å². The molecule has 0 bridgehead atoms. The van der Waals surface area contributed by atoms with Crippen molar-refractivity contribution in [3.8, 4) is 11.5 Å². The Labute approximate surface area is 114 Å². The van der Waals surface area contributed by atoms with Crippen LogP contribution in [0.25, 0.3) is 10.8 Å². The van der Waals surface area contributed by atoms with Crippen LogP contribution in [0.5, 0.6) is 11.5 Å². The first-order valence-corrected chi connectivity index (χ1v) is 7.27. The van der Waals surface area contributed by atoms with E-state index in [1.54, 1.807) is 11.8 Å². The number of hydrogen-bond donors (Lipinski definition) is 0. The number of halogens is 1. The number of fused-ring (bicyclic) bond motifs is 2. The van der Waals surface area contributed by atoms with E-state index in [0.29, 0.717) is 12.7 Å². The minimum atomic E-state index is 0.299. The third-order valence-electron chi connectivity index (χ3n) is 2.74.